The molecular formula is C18H23N5O3S. The maximum Gasteiger partial charge on any atom is 0.268 e. The van der Waals surface area contributed by atoms with Gasteiger partial charge in [-0.1, -0.05) is 6.07 Å². The van der Waals surface area contributed by atoms with Crippen LogP contribution in [0.2, 0.25) is 0 Å². The maximum atomic E-state index is 13.0. The van der Waals surface area contributed by atoms with E-state index >= 15 is 0 Å². The number of aromatic nitrogens is 2. The molecule has 2 aromatic heterocycles. The van der Waals surface area contributed by atoms with Crippen molar-refractivity contribution >= 4 is 27.5 Å². The summed E-state index contributed by atoms with van der Waals surface area (Å²) in [6.45, 7) is 1.73. The van der Waals surface area contributed by atoms with E-state index in [1.165, 1.54) is 17.0 Å². The van der Waals surface area contributed by atoms with Gasteiger partial charge in [0.2, 0.25) is 0 Å². The van der Waals surface area contributed by atoms with Crippen molar-refractivity contribution in [1.82, 2.24) is 14.8 Å². The third kappa shape index (κ3) is 3.83. The molecule has 2 aliphatic rings. The van der Waals surface area contributed by atoms with Crippen LogP contribution < -0.4 is 15.9 Å². The molecule has 0 aliphatic carbocycles. The predicted molar refractivity (Wildman–Crippen MR) is 105 cm³/mol. The number of anilines is 1. The fraction of sp³-hybridized carbons (Fsp3) is 0.500. The molecule has 0 aromatic carbocycles. The smallest absolute Gasteiger partial charge is 0.268 e. The van der Waals surface area contributed by atoms with Gasteiger partial charge in [0.25, 0.3) is 5.56 Å². The quantitative estimate of drug-likeness (QED) is 0.614. The van der Waals surface area contributed by atoms with E-state index < -0.39 is 9.84 Å². The number of rotatable bonds is 4. The van der Waals surface area contributed by atoms with Gasteiger partial charge in [-0.2, -0.15) is 5.10 Å². The molecule has 144 valence electrons. The molecule has 1 unspecified atom stereocenters. The van der Waals surface area contributed by atoms with Crippen LogP contribution in [0, 0.1) is 0 Å². The maximum absolute atomic E-state index is 13.0. The number of sulfone groups is 1. The first-order chi connectivity index (χ1) is 13.0. The Hall–Kier alpha value is -2.42. The highest BCUT2D eigenvalue weighted by Gasteiger charge is 2.27. The van der Waals surface area contributed by atoms with E-state index in [9.17, 15) is 13.2 Å². The van der Waals surface area contributed by atoms with Crippen molar-refractivity contribution in [1.29, 1.82) is 0 Å². The second-order valence-electron chi connectivity index (χ2n) is 7.12. The zero-order valence-corrected chi connectivity index (χ0v) is 15.9. The van der Waals surface area contributed by atoms with Gasteiger partial charge in [-0.25, -0.2) is 13.4 Å². The van der Waals surface area contributed by atoms with Crippen molar-refractivity contribution in [2.24, 2.45) is 5.10 Å². The Morgan fingerprint density at radius 3 is 2.78 bits per heavy atom. The summed E-state index contributed by atoms with van der Waals surface area (Å²) < 4.78 is 24.7. The molecule has 27 heavy (non-hydrogen) atoms. The summed E-state index contributed by atoms with van der Waals surface area (Å²) in [7, 11) is -2.98. The lowest BCUT2D eigenvalue weighted by molar-refractivity contribution is 0.572. The number of hydrogen-bond donors (Lipinski definition) is 1. The van der Waals surface area contributed by atoms with Gasteiger partial charge in [0.05, 0.1) is 23.8 Å². The zero-order chi connectivity index (χ0) is 18.9. The summed E-state index contributed by atoms with van der Waals surface area (Å²) in [5.41, 5.74) is 3.74. The van der Waals surface area contributed by atoms with Crippen molar-refractivity contribution in [2.45, 2.75) is 31.7 Å². The summed E-state index contributed by atoms with van der Waals surface area (Å²) >= 11 is 0. The first-order valence-electron chi connectivity index (χ1n) is 9.29. The SMILES string of the molecule is O=c1c(C=NNC2CCS(=O)(=O)C2)c(N2CCCCC2)nc2ccccn12. The highest BCUT2D eigenvalue weighted by atomic mass is 32.2. The van der Waals surface area contributed by atoms with E-state index in [1.807, 2.05) is 12.1 Å². The molecule has 4 rings (SSSR count). The van der Waals surface area contributed by atoms with Crippen LogP contribution >= 0.6 is 0 Å². The van der Waals surface area contributed by atoms with Crippen LogP contribution in [-0.2, 0) is 9.84 Å². The molecule has 2 saturated heterocycles. The van der Waals surface area contributed by atoms with E-state index in [1.54, 1.807) is 12.3 Å². The molecule has 0 amide bonds. The fourth-order valence-electron chi connectivity index (χ4n) is 3.65. The van der Waals surface area contributed by atoms with E-state index in [0.717, 1.165) is 25.9 Å². The molecule has 0 radical (unpaired) electrons. The second kappa shape index (κ2) is 7.30. The van der Waals surface area contributed by atoms with E-state index in [0.29, 0.717) is 23.4 Å². The molecule has 8 nitrogen and oxygen atoms in total. The Balaban J connectivity index is 1.68. The average Bonchev–Trinajstić information content (AvgIpc) is 3.03. The van der Waals surface area contributed by atoms with Gasteiger partial charge in [-0.3, -0.25) is 9.20 Å². The van der Waals surface area contributed by atoms with E-state index in [-0.39, 0.29) is 23.1 Å². The Kier molecular flexibility index (Phi) is 4.86. The van der Waals surface area contributed by atoms with Crippen LogP contribution in [0.3, 0.4) is 0 Å². The molecule has 1 N–H and O–H groups in total. The summed E-state index contributed by atoms with van der Waals surface area (Å²) in [4.78, 5) is 19.8. The van der Waals surface area contributed by atoms with Crippen molar-refractivity contribution in [2.75, 3.05) is 29.5 Å². The molecule has 4 heterocycles. The molecule has 0 saturated carbocycles. The fourth-order valence-corrected chi connectivity index (χ4v) is 5.32. The second-order valence-corrected chi connectivity index (χ2v) is 9.35. The number of nitrogens with one attached hydrogen (secondary N) is 1. The van der Waals surface area contributed by atoms with Gasteiger partial charge >= 0.3 is 0 Å². The van der Waals surface area contributed by atoms with Crippen LogP contribution in [0.4, 0.5) is 5.82 Å². The number of pyridine rings is 1. The van der Waals surface area contributed by atoms with Crippen molar-refractivity contribution < 1.29 is 8.42 Å². The van der Waals surface area contributed by atoms with Crippen LogP contribution in [-0.4, -0.2) is 54.7 Å². The third-order valence-corrected chi connectivity index (χ3v) is 6.86. The summed E-state index contributed by atoms with van der Waals surface area (Å²) in [6, 6.07) is 5.26. The molecule has 9 heteroatoms. The largest absolute Gasteiger partial charge is 0.356 e. The monoisotopic (exact) mass is 389 g/mol. The van der Waals surface area contributed by atoms with Gasteiger partial charge in [0, 0.05) is 19.3 Å². The number of nitrogens with zero attached hydrogens (tertiary/aromatic N) is 4. The number of hydrogen-bond acceptors (Lipinski definition) is 7. The van der Waals surface area contributed by atoms with Crippen LogP contribution in [0.25, 0.3) is 5.65 Å². The normalized spacial score (nSPS) is 22.5. The molecule has 2 fully saturated rings. The van der Waals surface area contributed by atoms with Gasteiger partial charge in [-0.05, 0) is 37.8 Å². The highest BCUT2D eigenvalue weighted by molar-refractivity contribution is 7.91. The first-order valence-corrected chi connectivity index (χ1v) is 11.1. The van der Waals surface area contributed by atoms with E-state index in [4.69, 9.17) is 4.98 Å². The molecule has 2 aromatic rings. The van der Waals surface area contributed by atoms with Crippen LogP contribution in [0.5, 0.6) is 0 Å². The van der Waals surface area contributed by atoms with Gasteiger partial charge in [0.1, 0.15) is 17.0 Å². The predicted octanol–water partition coefficient (Wildman–Crippen LogP) is 0.795. The summed E-state index contributed by atoms with van der Waals surface area (Å²) in [6.07, 6.45) is 7.05. The van der Waals surface area contributed by atoms with Crippen molar-refractivity contribution in [3.05, 3.63) is 40.3 Å². The highest BCUT2D eigenvalue weighted by Crippen LogP contribution is 2.20. The Bertz CT molecular complexity index is 1020. The minimum absolute atomic E-state index is 0.0816. The zero-order valence-electron chi connectivity index (χ0n) is 15.0. The molecular weight excluding hydrogens is 366 g/mol. The lowest BCUT2D eigenvalue weighted by atomic mass is 10.1. The average molecular weight is 389 g/mol. The lowest BCUT2D eigenvalue weighted by Crippen LogP contribution is -2.34. The van der Waals surface area contributed by atoms with Crippen LogP contribution in [0.15, 0.2) is 34.3 Å². The van der Waals surface area contributed by atoms with Crippen LogP contribution in [0.1, 0.15) is 31.2 Å². The van der Waals surface area contributed by atoms with Crippen molar-refractivity contribution in [3.8, 4) is 0 Å². The minimum Gasteiger partial charge on any atom is -0.356 e. The first kappa shape index (κ1) is 18.0. The van der Waals surface area contributed by atoms with E-state index in [2.05, 4.69) is 15.4 Å². The molecule has 0 bridgehead atoms. The molecule has 2 aliphatic heterocycles. The number of fused-ring (bicyclic) bond motifs is 1. The number of hydrazone groups is 1. The Morgan fingerprint density at radius 1 is 1.22 bits per heavy atom. The molecule has 0 spiro atoms. The third-order valence-electron chi connectivity index (χ3n) is 5.09. The minimum atomic E-state index is -2.98. The summed E-state index contributed by atoms with van der Waals surface area (Å²) in [5, 5.41) is 4.19. The lowest BCUT2D eigenvalue weighted by Gasteiger charge is -2.28. The Labute approximate surface area is 157 Å². The van der Waals surface area contributed by atoms with Gasteiger partial charge < -0.3 is 10.3 Å². The van der Waals surface area contributed by atoms with Gasteiger partial charge in [-0.15, -0.1) is 0 Å². The Morgan fingerprint density at radius 2 is 2.04 bits per heavy atom. The molecule has 1 atom stereocenters. The van der Waals surface area contributed by atoms with Crippen molar-refractivity contribution in [3.63, 3.8) is 0 Å². The topological polar surface area (TPSA) is 96.1 Å². The standard InChI is InChI=1S/C18H23N5O3S/c24-18-15(12-19-21-14-7-11-27(25,26)13-14)17(22-8-3-1-4-9-22)20-16-6-2-5-10-23(16)18/h2,5-6,10,12,14,21H,1,3-4,7-9,11,13H2. The number of piperidine rings is 1. The summed E-state index contributed by atoms with van der Waals surface area (Å²) in [5.74, 6) is 0.910. The van der Waals surface area contributed by atoms with Gasteiger partial charge in [0.15, 0.2) is 9.84 Å².